The molecule has 0 fully saturated rings. The van der Waals surface area contributed by atoms with Crippen LogP contribution in [0.25, 0.3) is 0 Å². The molecule has 0 atom stereocenters. The maximum Gasteiger partial charge on any atom is 0.0431 e. The summed E-state index contributed by atoms with van der Waals surface area (Å²) in [6, 6.07) is 0. The summed E-state index contributed by atoms with van der Waals surface area (Å²) in [5.41, 5.74) is 0. The molecule has 0 saturated heterocycles. The van der Waals surface area contributed by atoms with Crippen molar-refractivity contribution in [1.82, 2.24) is 4.90 Å². The van der Waals surface area contributed by atoms with Crippen molar-refractivity contribution in [1.29, 1.82) is 0 Å². The number of unbranched alkanes of at least 4 members (excludes halogenated alkanes) is 5. The largest absolute Gasteiger partial charge is 0.396 e. The maximum atomic E-state index is 8.62. The number of hydrogen-bond donors (Lipinski definition) is 1. The molecule has 0 heterocycles. The highest BCUT2D eigenvalue weighted by Gasteiger charge is 1.97. The third kappa shape index (κ3) is 10.0. The predicted octanol–water partition coefficient (Wildman–Crippen LogP) is 2.66. The second-order valence-corrected chi connectivity index (χ2v) is 4.15. The molecule has 0 saturated carbocycles. The Kier molecular flexibility index (Phi) is 10.9. The Morgan fingerprint density at radius 2 is 1.43 bits per heavy atom. The van der Waals surface area contributed by atoms with Gasteiger partial charge in [0.2, 0.25) is 0 Å². The molecule has 2 nitrogen and oxygen atoms in total. The Balaban J connectivity index is 3.07. The van der Waals surface area contributed by atoms with Gasteiger partial charge < -0.3 is 10.0 Å². The first-order valence-electron chi connectivity index (χ1n) is 6.10. The van der Waals surface area contributed by atoms with Crippen LogP contribution in [0, 0.1) is 0 Å². The summed E-state index contributed by atoms with van der Waals surface area (Å²) in [5.74, 6) is 0. The molecule has 0 unspecified atom stereocenters. The van der Waals surface area contributed by atoms with E-state index < -0.39 is 0 Å². The van der Waals surface area contributed by atoms with E-state index in [1.807, 2.05) is 0 Å². The summed E-state index contributed by atoms with van der Waals surface area (Å²) < 4.78 is 0. The average Bonchev–Trinajstić information content (AvgIpc) is 2.19. The van der Waals surface area contributed by atoms with Crippen molar-refractivity contribution in [3.05, 3.63) is 0 Å². The topological polar surface area (TPSA) is 23.5 Å². The van der Waals surface area contributed by atoms with Crippen LogP contribution in [0.1, 0.15) is 51.9 Å². The van der Waals surface area contributed by atoms with Gasteiger partial charge in [0.1, 0.15) is 0 Å². The van der Waals surface area contributed by atoms with E-state index in [2.05, 4.69) is 18.9 Å². The van der Waals surface area contributed by atoms with Crippen LogP contribution in [0.5, 0.6) is 0 Å². The summed E-state index contributed by atoms with van der Waals surface area (Å²) in [5, 5.41) is 8.62. The Hall–Kier alpha value is -0.0800. The summed E-state index contributed by atoms with van der Waals surface area (Å²) in [6.45, 7) is 5.02. The lowest BCUT2D eigenvalue weighted by molar-refractivity contribution is 0.271. The van der Waals surface area contributed by atoms with Gasteiger partial charge in [0.25, 0.3) is 0 Å². The van der Waals surface area contributed by atoms with E-state index in [1.54, 1.807) is 0 Å². The average molecular weight is 201 g/mol. The molecule has 1 N–H and O–H groups in total. The van der Waals surface area contributed by atoms with Crippen LogP contribution in [-0.4, -0.2) is 36.8 Å². The molecule has 0 radical (unpaired) electrons. The first kappa shape index (κ1) is 13.9. The minimum atomic E-state index is 0.347. The lowest BCUT2D eigenvalue weighted by atomic mass is 10.2. The minimum Gasteiger partial charge on any atom is -0.396 e. The summed E-state index contributed by atoms with van der Waals surface area (Å²) in [7, 11) is 2.20. The number of nitrogens with zero attached hydrogens (tertiary/aromatic N) is 1. The molecule has 0 bridgehead atoms. The van der Waals surface area contributed by atoms with E-state index in [0.29, 0.717) is 6.61 Å². The van der Waals surface area contributed by atoms with Crippen LogP contribution >= 0.6 is 0 Å². The van der Waals surface area contributed by atoms with E-state index in [-0.39, 0.29) is 0 Å². The Morgan fingerprint density at radius 3 is 1.93 bits per heavy atom. The van der Waals surface area contributed by atoms with Crippen molar-refractivity contribution in [3.63, 3.8) is 0 Å². The second kappa shape index (κ2) is 11.0. The number of aliphatic hydroxyl groups excluding tert-OH is 1. The van der Waals surface area contributed by atoms with Crippen LogP contribution < -0.4 is 0 Å². The normalized spacial score (nSPS) is 11.1. The van der Waals surface area contributed by atoms with E-state index in [9.17, 15) is 0 Å². The quantitative estimate of drug-likeness (QED) is 0.549. The third-order valence-electron chi connectivity index (χ3n) is 2.59. The molecule has 0 aromatic rings. The van der Waals surface area contributed by atoms with Gasteiger partial charge in [0.15, 0.2) is 0 Å². The molecule has 86 valence electrons. The highest BCUT2D eigenvalue weighted by molar-refractivity contribution is 4.52. The minimum absolute atomic E-state index is 0.347. The van der Waals surface area contributed by atoms with Gasteiger partial charge in [0, 0.05) is 6.61 Å². The zero-order chi connectivity index (χ0) is 10.6. The predicted molar refractivity (Wildman–Crippen MR) is 62.6 cm³/mol. The van der Waals surface area contributed by atoms with Crippen LogP contribution in [0.2, 0.25) is 0 Å². The second-order valence-electron chi connectivity index (χ2n) is 4.15. The molecule has 0 aromatic heterocycles. The smallest absolute Gasteiger partial charge is 0.0431 e. The molecule has 2 heteroatoms. The van der Waals surface area contributed by atoms with Crippen LogP contribution in [-0.2, 0) is 0 Å². The fourth-order valence-corrected chi connectivity index (χ4v) is 1.59. The number of hydrogen-bond acceptors (Lipinski definition) is 2. The fourth-order valence-electron chi connectivity index (χ4n) is 1.59. The van der Waals surface area contributed by atoms with Gasteiger partial charge in [0.05, 0.1) is 0 Å². The first-order chi connectivity index (χ1) is 6.81. The summed E-state index contributed by atoms with van der Waals surface area (Å²) in [4.78, 5) is 2.41. The Labute approximate surface area is 89.3 Å². The maximum absolute atomic E-state index is 8.62. The zero-order valence-corrected chi connectivity index (χ0v) is 9.97. The van der Waals surface area contributed by atoms with Gasteiger partial charge in [-0.2, -0.15) is 0 Å². The van der Waals surface area contributed by atoms with Crippen molar-refractivity contribution in [2.45, 2.75) is 51.9 Å². The molecule has 0 amide bonds. The van der Waals surface area contributed by atoms with Crippen LogP contribution in [0.15, 0.2) is 0 Å². The van der Waals surface area contributed by atoms with Gasteiger partial charge in [-0.1, -0.05) is 26.2 Å². The van der Waals surface area contributed by atoms with Gasteiger partial charge >= 0.3 is 0 Å². The van der Waals surface area contributed by atoms with Crippen molar-refractivity contribution >= 4 is 0 Å². The van der Waals surface area contributed by atoms with Gasteiger partial charge in [-0.25, -0.2) is 0 Å². The summed E-state index contributed by atoms with van der Waals surface area (Å²) >= 11 is 0. The molecule has 0 rings (SSSR count). The monoisotopic (exact) mass is 201 g/mol. The van der Waals surface area contributed by atoms with Crippen molar-refractivity contribution in [2.24, 2.45) is 0 Å². The fraction of sp³-hybridized carbons (Fsp3) is 1.00. The third-order valence-corrected chi connectivity index (χ3v) is 2.59. The molecule has 0 aromatic carbocycles. The van der Waals surface area contributed by atoms with Crippen molar-refractivity contribution in [3.8, 4) is 0 Å². The van der Waals surface area contributed by atoms with Crippen LogP contribution in [0.3, 0.4) is 0 Å². The van der Waals surface area contributed by atoms with E-state index in [1.165, 1.54) is 45.2 Å². The highest BCUT2D eigenvalue weighted by atomic mass is 16.2. The standard InChI is InChI=1S/C12H27NO/c1-3-4-5-7-10-13(2)11-8-6-9-12-14/h14H,3-12H2,1-2H3. The van der Waals surface area contributed by atoms with Crippen molar-refractivity contribution < 1.29 is 5.11 Å². The lowest BCUT2D eigenvalue weighted by Gasteiger charge is -2.15. The van der Waals surface area contributed by atoms with E-state index >= 15 is 0 Å². The lowest BCUT2D eigenvalue weighted by Crippen LogP contribution is -2.20. The number of aliphatic hydroxyl groups is 1. The molecule has 14 heavy (non-hydrogen) atoms. The molecule has 0 aliphatic rings. The van der Waals surface area contributed by atoms with Crippen LogP contribution in [0.4, 0.5) is 0 Å². The Morgan fingerprint density at radius 1 is 0.857 bits per heavy atom. The van der Waals surface area contributed by atoms with E-state index in [0.717, 1.165) is 12.8 Å². The Bertz CT molecular complexity index is 94.5. The van der Waals surface area contributed by atoms with Gasteiger partial charge in [-0.05, 0) is 45.8 Å². The first-order valence-corrected chi connectivity index (χ1v) is 6.10. The van der Waals surface area contributed by atoms with E-state index in [4.69, 9.17) is 5.11 Å². The number of rotatable bonds is 10. The zero-order valence-electron chi connectivity index (χ0n) is 9.97. The molecular weight excluding hydrogens is 174 g/mol. The molecule has 0 spiro atoms. The SMILES string of the molecule is CCCCCCN(C)CCCCCO. The van der Waals surface area contributed by atoms with Crippen molar-refractivity contribution in [2.75, 3.05) is 26.7 Å². The highest BCUT2D eigenvalue weighted by Crippen LogP contribution is 2.02. The molecule has 0 aliphatic heterocycles. The van der Waals surface area contributed by atoms with Gasteiger partial charge in [-0.3, -0.25) is 0 Å². The molecule has 0 aliphatic carbocycles. The molecular formula is C12H27NO. The summed E-state index contributed by atoms with van der Waals surface area (Å²) in [6.07, 6.45) is 8.75. The van der Waals surface area contributed by atoms with Gasteiger partial charge in [-0.15, -0.1) is 0 Å².